The number of hydrogen-bond acceptors (Lipinski definition) is 5. The van der Waals surface area contributed by atoms with E-state index in [-0.39, 0.29) is 11.9 Å². The quantitative estimate of drug-likeness (QED) is 0.464. The summed E-state index contributed by atoms with van der Waals surface area (Å²) in [6.45, 7) is 1.00. The third-order valence-corrected chi connectivity index (χ3v) is 4.35. The first-order chi connectivity index (χ1) is 13.2. The Morgan fingerprint density at radius 2 is 2.07 bits per heavy atom. The summed E-state index contributed by atoms with van der Waals surface area (Å²) in [5.41, 5.74) is 0.661. The van der Waals surface area contributed by atoms with Crippen molar-refractivity contribution in [1.82, 2.24) is 0 Å². The van der Waals surface area contributed by atoms with Crippen molar-refractivity contribution in [1.29, 1.82) is 0 Å². The van der Waals surface area contributed by atoms with Crippen LogP contribution in [0.25, 0.3) is 0 Å². The monoisotopic (exact) mass is 375 g/mol. The third kappa shape index (κ3) is 7.83. The molecule has 1 unspecified atom stereocenters. The van der Waals surface area contributed by atoms with Crippen LogP contribution < -0.4 is 10.1 Å². The van der Waals surface area contributed by atoms with Crippen LogP contribution >= 0.6 is 0 Å². The number of fused-ring (bicyclic) bond motifs is 1. The molecule has 0 radical (unpaired) electrons. The molecule has 0 spiro atoms. The molecule has 27 heavy (non-hydrogen) atoms. The summed E-state index contributed by atoms with van der Waals surface area (Å²) >= 11 is 0. The molecule has 0 saturated heterocycles. The molecule has 6 nitrogen and oxygen atoms in total. The molecule has 1 atom stereocenters. The highest BCUT2D eigenvalue weighted by Crippen LogP contribution is 2.25. The maximum atomic E-state index is 12.7. The van der Waals surface area contributed by atoms with Crippen LogP contribution in [0.2, 0.25) is 0 Å². The van der Waals surface area contributed by atoms with Crippen LogP contribution in [-0.4, -0.2) is 38.3 Å². The van der Waals surface area contributed by atoms with Crippen LogP contribution in [-0.2, 0) is 19.1 Å². The lowest BCUT2D eigenvalue weighted by atomic mass is 10.1. The first-order valence-electron chi connectivity index (χ1n) is 9.57. The number of unbranched alkanes of at least 4 members (excludes halogenated alkanes) is 2. The lowest BCUT2D eigenvalue weighted by Crippen LogP contribution is -2.31. The van der Waals surface area contributed by atoms with Crippen molar-refractivity contribution in [2.24, 2.45) is 0 Å². The standard InChI is InChI=1S/C21H29NO5/c1-25-20(23)14-6-4-5-13-19-21(24)22-17-11-7-8-12-18(17)26-15-9-2-3-10-16-27-19/h3,7-8,10-12,19H,2,4-6,9,13-16H2,1H3,(H,22,24)/b10-3-. The van der Waals surface area contributed by atoms with Gasteiger partial charge < -0.3 is 19.5 Å². The Kier molecular flexibility index (Phi) is 9.41. The molecule has 1 amide bonds. The average Bonchev–Trinajstić information content (AvgIpc) is 2.69. The van der Waals surface area contributed by atoms with E-state index in [0.717, 1.165) is 32.1 Å². The summed E-state index contributed by atoms with van der Waals surface area (Å²) in [5.74, 6) is 0.297. The molecule has 1 N–H and O–H groups in total. The first-order valence-corrected chi connectivity index (χ1v) is 9.57. The number of carbonyl (C=O) groups is 2. The summed E-state index contributed by atoms with van der Waals surface area (Å²) in [6.07, 6.45) is 8.67. The molecular formula is C21H29NO5. The number of methoxy groups -OCH3 is 1. The molecule has 1 aromatic rings. The second-order valence-electron chi connectivity index (χ2n) is 6.44. The highest BCUT2D eigenvalue weighted by molar-refractivity contribution is 5.95. The molecule has 148 valence electrons. The molecule has 2 rings (SSSR count). The van der Waals surface area contributed by atoms with E-state index in [1.165, 1.54) is 7.11 Å². The molecular weight excluding hydrogens is 346 g/mol. The molecule has 1 aromatic carbocycles. The van der Waals surface area contributed by atoms with Crippen molar-refractivity contribution in [2.45, 2.75) is 51.0 Å². The van der Waals surface area contributed by atoms with Crippen LogP contribution in [0.15, 0.2) is 36.4 Å². The van der Waals surface area contributed by atoms with E-state index in [4.69, 9.17) is 9.47 Å². The van der Waals surface area contributed by atoms with Crippen molar-refractivity contribution >= 4 is 17.6 Å². The Bertz CT molecular complexity index is 629. The van der Waals surface area contributed by atoms with Crippen LogP contribution in [0.4, 0.5) is 5.69 Å². The van der Waals surface area contributed by atoms with Gasteiger partial charge in [-0.15, -0.1) is 0 Å². The minimum Gasteiger partial charge on any atom is -0.491 e. The molecule has 6 heteroatoms. The fraction of sp³-hybridized carbons (Fsp3) is 0.524. The summed E-state index contributed by atoms with van der Waals surface area (Å²) < 4.78 is 16.2. The van der Waals surface area contributed by atoms with Gasteiger partial charge in [-0.25, -0.2) is 0 Å². The number of esters is 1. The molecule has 0 aromatic heterocycles. The summed E-state index contributed by atoms with van der Waals surface area (Å²) in [5, 5.41) is 2.93. The summed E-state index contributed by atoms with van der Waals surface area (Å²) in [6, 6.07) is 7.44. The van der Waals surface area contributed by atoms with Crippen molar-refractivity contribution in [3.05, 3.63) is 36.4 Å². The highest BCUT2D eigenvalue weighted by atomic mass is 16.5. The van der Waals surface area contributed by atoms with Gasteiger partial charge in [0.2, 0.25) is 0 Å². The predicted molar refractivity (Wildman–Crippen MR) is 104 cm³/mol. The number of benzene rings is 1. The van der Waals surface area contributed by atoms with E-state index in [1.807, 2.05) is 30.3 Å². The maximum absolute atomic E-state index is 12.7. The largest absolute Gasteiger partial charge is 0.491 e. The topological polar surface area (TPSA) is 73.9 Å². The van der Waals surface area contributed by atoms with Crippen molar-refractivity contribution in [2.75, 3.05) is 25.6 Å². The number of anilines is 1. The number of nitrogens with one attached hydrogen (secondary N) is 1. The van der Waals surface area contributed by atoms with E-state index in [1.54, 1.807) is 0 Å². The van der Waals surface area contributed by atoms with E-state index < -0.39 is 6.10 Å². The van der Waals surface area contributed by atoms with Crippen LogP contribution in [0, 0.1) is 0 Å². The van der Waals surface area contributed by atoms with Gasteiger partial charge in [0, 0.05) is 6.42 Å². The number of rotatable bonds is 6. The molecule has 0 fully saturated rings. The second kappa shape index (κ2) is 12.1. The Hall–Kier alpha value is -2.34. The minimum absolute atomic E-state index is 0.174. The second-order valence-corrected chi connectivity index (χ2v) is 6.44. The van der Waals surface area contributed by atoms with Gasteiger partial charge >= 0.3 is 5.97 Å². The number of amides is 1. The maximum Gasteiger partial charge on any atom is 0.305 e. The lowest BCUT2D eigenvalue weighted by Gasteiger charge is -2.18. The summed E-state index contributed by atoms with van der Waals surface area (Å²) in [4.78, 5) is 23.9. The molecule has 0 bridgehead atoms. The van der Waals surface area contributed by atoms with Gasteiger partial charge in [-0.1, -0.05) is 37.1 Å². The van der Waals surface area contributed by atoms with Gasteiger partial charge in [0.1, 0.15) is 11.9 Å². The first kappa shape index (κ1) is 21.0. The SMILES string of the molecule is COC(=O)CCCCCC1OC/C=C\CCCOc2ccccc2NC1=O. The van der Waals surface area contributed by atoms with Crippen molar-refractivity contribution < 1.29 is 23.8 Å². The van der Waals surface area contributed by atoms with Gasteiger partial charge in [0.15, 0.2) is 0 Å². The molecule has 0 saturated carbocycles. The van der Waals surface area contributed by atoms with Gasteiger partial charge in [-0.3, -0.25) is 9.59 Å². The summed E-state index contributed by atoms with van der Waals surface area (Å²) in [7, 11) is 1.39. The Morgan fingerprint density at radius 1 is 1.22 bits per heavy atom. The zero-order chi connectivity index (χ0) is 19.3. The van der Waals surface area contributed by atoms with E-state index in [0.29, 0.717) is 37.5 Å². The number of allylic oxidation sites excluding steroid dienone is 1. The third-order valence-electron chi connectivity index (χ3n) is 4.35. The average molecular weight is 375 g/mol. The minimum atomic E-state index is -0.540. The molecule has 1 heterocycles. The highest BCUT2D eigenvalue weighted by Gasteiger charge is 2.20. The number of hydrogen-bond donors (Lipinski definition) is 1. The van der Waals surface area contributed by atoms with Crippen LogP contribution in [0.5, 0.6) is 5.75 Å². The molecule has 0 aliphatic carbocycles. The van der Waals surface area contributed by atoms with E-state index in [2.05, 4.69) is 16.1 Å². The van der Waals surface area contributed by atoms with Gasteiger partial charge in [-0.05, 0) is 37.8 Å². The number of carbonyl (C=O) groups excluding carboxylic acids is 2. The smallest absolute Gasteiger partial charge is 0.305 e. The van der Waals surface area contributed by atoms with Gasteiger partial charge in [0.05, 0.1) is 26.0 Å². The zero-order valence-corrected chi connectivity index (χ0v) is 15.9. The number of ether oxygens (including phenoxy) is 3. The Labute approximate surface area is 160 Å². The van der Waals surface area contributed by atoms with Gasteiger partial charge in [0.25, 0.3) is 5.91 Å². The van der Waals surface area contributed by atoms with Crippen molar-refractivity contribution in [3.63, 3.8) is 0 Å². The molecule has 1 aliphatic heterocycles. The Morgan fingerprint density at radius 3 is 2.93 bits per heavy atom. The fourth-order valence-electron chi connectivity index (χ4n) is 2.82. The van der Waals surface area contributed by atoms with Crippen molar-refractivity contribution in [3.8, 4) is 5.75 Å². The van der Waals surface area contributed by atoms with Crippen LogP contribution in [0.1, 0.15) is 44.9 Å². The Balaban J connectivity index is 1.95. The molecule has 1 aliphatic rings. The van der Waals surface area contributed by atoms with E-state index in [9.17, 15) is 9.59 Å². The zero-order valence-electron chi connectivity index (χ0n) is 15.9. The number of para-hydroxylation sites is 2. The van der Waals surface area contributed by atoms with Gasteiger partial charge in [-0.2, -0.15) is 0 Å². The fourth-order valence-corrected chi connectivity index (χ4v) is 2.82. The van der Waals surface area contributed by atoms with Crippen LogP contribution in [0.3, 0.4) is 0 Å². The normalized spacial score (nSPS) is 19.3. The predicted octanol–water partition coefficient (Wildman–Crippen LogP) is 3.86. The van der Waals surface area contributed by atoms with E-state index >= 15 is 0 Å². The lowest BCUT2D eigenvalue weighted by molar-refractivity contribution is -0.140.